The maximum Gasteiger partial charge on any atom is 0.312 e. The van der Waals surface area contributed by atoms with Crippen LogP contribution in [0.2, 0.25) is 0 Å². The van der Waals surface area contributed by atoms with Crippen LogP contribution in [0, 0.1) is 0 Å². The van der Waals surface area contributed by atoms with Gasteiger partial charge in [0.15, 0.2) is 5.13 Å². The number of anilines is 1. The van der Waals surface area contributed by atoms with Crippen LogP contribution in [0.15, 0.2) is 0 Å². The number of aromatic nitrogens is 1. The number of carboxylic acids is 1. The molecule has 0 spiro atoms. The first-order chi connectivity index (χ1) is 10.2. The fraction of sp³-hybridized carbons (Fsp3) is 0.733. The molecule has 0 radical (unpaired) electrons. The molecule has 21 heavy (non-hydrogen) atoms. The van der Waals surface area contributed by atoms with Gasteiger partial charge in [-0.2, -0.15) is 0 Å². The molecule has 1 aromatic heterocycles. The summed E-state index contributed by atoms with van der Waals surface area (Å²) in [5, 5.41) is 10.3. The number of fused-ring (bicyclic) bond motifs is 2. The lowest BCUT2D eigenvalue weighted by atomic mass is 10.1. The zero-order valence-electron chi connectivity index (χ0n) is 12.1. The number of hydrogen-bond acceptors (Lipinski definition) is 5. The molecule has 0 saturated carbocycles. The first-order valence-corrected chi connectivity index (χ1v) is 8.75. The molecule has 3 heterocycles. The third kappa shape index (κ3) is 2.34. The van der Waals surface area contributed by atoms with E-state index in [1.54, 1.807) is 11.3 Å². The molecule has 5 nitrogen and oxygen atoms in total. The van der Waals surface area contributed by atoms with Crippen LogP contribution in [0.5, 0.6) is 0 Å². The summed E-state index contributed by atoms with van der Waals surface area (Å²) >= 11 is 1.73. The number of thiazole rings is 1. The summed E-state index contributed by atoms with van der Waals surface area (Å²) < 4.78 is 0. The van der Waals surface area contributed by atoms with Gasteiger partial charge in [-0.15, -0.1) is 11.3 Å². The van der Waals surface area contributed by atoms with Gasteiger partial charge >= 0.3 is 5.97 Å². The highest BCUT2D eigenvalue weighted by molar-refractivity contribution is 7.15. The Balaban J connectivity index is 1.56. The lowest BCUT2D eigenvalue weighted by molar-refractivity contribution is -0.138. The topological polar surface area (TPSA) is 56.7 Å². The van der Waals surface area contributed by atoms with Crippen LogP contribution < -0.4 is 4.90 Å². The second kappa shape index (κ2) is 5.25. The zero-order valence-corrected chi connectivity index (χ0v) is 12.9. The van der Waals surface area contributed by atoms with E-state index < -0.39 is 5.97 Å². The Morgan fingerprint density at radius 3 is 2.95 bits per heavy atom. The molecule has 2 saturated heterocycles. The van der Waals surface area contributed by atoms with Gasteiger partial charge in [0.1, 0.15) is 5.92 Å². The van der Waals surface area contributed by atoms with E-state index >= 15 is 0 Å². The van der Waals surface area contributed by atoms with Gasteiger partial charge in [-0.05, 0) is 38.6 Å². The molecule has 1 N–H and O–H groups in total. The molecule has 2 unspecified atom stereocenters. The summed E-state index contributed by atoms with van der Waals surface area (Å²) in [6.07, 6.45) is 5.39. The van der Waals surface area contributed by atoms with E-state index in [1.165, 1.54) is 37.2 Å². The van der Waals surface area contributed by atoms with Gasteiger partial charge in [-0.25, -0.2) is 4.98 Å². The predicted octanol–water partition coefficient (Wildman–Crippen LogP) is 1.93. The van der Waals surface area contributed by atoms with Crippen molar-refractivity contribution in [1.82, 2.24) is 9.88 Å². The van der Waals surface area contributed by atoms with Crippen molar-refractivity contribution in [3.63, 3.8) is 0 Å². The molecule has 2 aliphatic heterocycles. The molecule has 3 aliphatic rings. The average molecular weight is 307 g/mol. The molecular weight excluding hydrogens is 286 g/mol. The molecular formula is C15H21N3O2S. The minimum atomic E-state index is -0.719. The molecule has 0 aromatic carbocycles. The summed E-state index contributed by atoms with van der Waals surface area (Å²) in [5.41, 5.74) is 0.843. The van der Waals surface area contributed by atoms with E-state index in [9.17, 15) is 9.90 Å². The second-order valence-corrected chi connectivity index (χ2v) is 7.43. The van der Waals surface area contributed by atoms with Crippen molar-refractivity contribution in [1.29, 1.82) is 0 Å². The van der Waals surface area contributed by atoms with E-state index in [1.807, 2.05) is 0 Å². The number of aliphatic carboxylic acids is 1. The van der Waals surface area contributed by atoms with Crippen molar-refractivity contribution < 1.29 is 9.90 Å². The Morgan fingerprint density at radius 1 is 1.24 bits per heavy atom. The normalized spacial score (nSPS) is 29.2. The Morgan fingerprint density at radius 2 is 2.10 bits per heavy atom. The molecule has 114 valence electrons. The third-order valence-electron chi connectivity index (χ3n) is 5.08. The summed E-state index contributed by atoms with van der Waals surface area (Å²) in [5.74, 6) is -1.09. The molecule has 2 fully saturated rings. The zero-order chi connectivity index (χ0) is 14.4. The fourth-order valence-corrected chi connectivity index (χ4v) is 5.14. The van der Waals surface area contributed by atoms with Gasteiger partial charge in [-0.1, -0.05) is 0 Å². The van der Waals surface area contributed by atoms with Crippen molar-refractivity contribution in [3.8, 4) is 0 Å². The highest BCUT2D eigenvalue weighted by Gasteiger charge is 2.35. The molecule has 6 heteroatoms. The van der Waals surface area contributed by atoms with Gasteiger partial charge in [0.05, 0.1) is 5.69 Å². The highest BCUT2D eigenvalue weighted by atomic mass is 32.1. The van der Waals surface area contributed by atoms with Crippen molar-refractivity contribution in [2.75, 3.05) is 31.1 Å². The van der Waals surface area contributed by atoms with Crippen LogP contribution in [0.25, 0.3) is 0 Å². The van der Waals surface area contributed by atoms with Crippen LogP contribution in [0.4, 0.5) is 5.13 Å². The van der Waals surface area contributed by atoms with Crippen molar-refractivity contribution in [2.45, 2.75) is 44.1 Å². The van der Waals surface area contributed by atoms with Crippen LogP contribution >= 0.6 is 11.3 Å². The quantitative estimate of drug-likeness (QED) is 0.905. The lowest BCUT2D eigenvalue weighted by Gasteiger charge is -2.25. The van der Waals surface area contributed by atoms with Gasteiger partial charge in [0, 0.05) is 30.6 Å². The van der Waals surface area contributed by atoms with Crippen LogP contribution in [-0.2, 0) is 11.2 Å². The van der Waals surface area contributed by atoms with Gasteiger partial charge in [0.25, 0.3) is 0 Å². The van der Waals surface area contributed by atoms with Crippen LogP contribution in [0.1, 0.15) is 42.2 Å². The minimum absolute atomic E-state index is 0.375. The maximum absolute atomic E-state index is 11.3. The van der Waals surface area contributed by atoms with E-state index in [2.05, 4.69) is 9.80 Å². The third-order valence-corrected chi connectivity index (χ3v) is 6.27. The molecule has 2 atom stereocenters. The monoisotopic (exact) mass is 307 g/mol. The lowest BCUT2D eigenvalue weighted by Crippen LogP contribution is -2.36. The minimum Gasteiger partial charge on any atom is -0.481 e. The first kappa shape index (κ1) is 13.5. The number of nitrogens with zero attached hydrogens (tertiary/aromatic N) is 3. The Hall–Kier alpha value is -1.14. The number of rotatable bonds is 2. The van der Waals surface area contributed by atoms with Crippen LogP contribution in [0.3, 0.4) is 0 Å². The van der Waals surface area contributed by atoms with Crippen molar-refractivity contribution in [2.24, 2.45) is 0 Å². The largest absolute Gasteiger partial charge is 0.481 e. The van der Waals surface area contributed by atoms with Gasteiger partial charge in [-0.3, -0.25) is 9.69 Å². The van der Waals surface area contributed by atoms with Crippen LogP contribution in [-0.4, -0.2) is 53.2 Å². The number of hydrogen-bond donors (Lipinski definition) is 1. The SMILES string of the molecule is O=C(O)C1CCc2sc(N3CCCN4CCCC4C3)nc21. The molecule has 1 aromatic rings. The van der Waals surface area contributed by atoms with Crippen molar-refractivity contribution in [3.05, 3.63) is 10.6 Å². The van der Waals surface area contributed by atoms with Gasteiger partial charge < -0.3 is 10.0 Å². The summed E-state index contributed by atoms with van der Waals surface area (Å²) in [7, 11) is 0. The van der Waals surface area contributed by atoms with Gasteiger partial charge in [0.2, 0.25) is 0 Å². The van der Waals surface area contributed by atoms with Crippen molar-refractivity contribution >= 4 is 22.4 Å². The Kier molecular flexibility index (Phi) is 3.38. The molecule has 0 amide bonds. The molecule has 1 aliphatic carbocycles. The summed E-state index contributed by atoms with van der Waals surface area (Å²) in [4.78, 5) is 22.2. The fourth-order valence-electron chi connectivity index (χ4n) is 3.97. The summed E-state index contributed by atoms with van der Waals surface area (Å²) in [6.45, 7) is 4.55. The molecule has 4 rings (SSSR count). The van der Waals surface area contributed by atoms with E-state index in [0.29, 0.717) is 6.04 Å². The Bertz CT molecular complexity index is 559. The van der Waals surface area contributed by atoms with E-state index in [0.717, 1.165) is 36.8 Å². The predicted molar refractivity (Wildman–Crippen MR) is 82.2 cm³/mol. The average Bonchev–Trinajstić information content (AvgIpc) is 3.10. The number of carboxylic acid groups (broad SMARTS) is 1. The number of carbonyl (C=O) groups is 1. The summed E-state index contributed by atoms with van der Waals surface area (Å²) in [6, 6.07) is 0.668. The van der Waals surface area contributed by atoms with E-state index in [-0.39, 0.29) is 5.92 Å². The first-order valence-electron chi connectivity index (χ1n) is 7.94. The second-order valence-electron chi connectivity index (χ2n) is 6.37. The smallest absolute Gasteiger partial charge is 0.312 e. The highest BCUT2D eigenvalue weighted by Crippen LogP contribution is 2.40. The van der Waals surface area contributed by atoms with E-state index in [4.69, 9.17) is 4.98 Å². The molecule has 0 bridgehead atoms. The standard InChI is InChI=1S/C15H21N3O2S/c19-14(20)11-4-5-12-13(11)16-15(21-12)18-8-2-7-17-6-1-3-10(17)9-18/h10-11H,1-9H2,(H,19,20). The maximum atomic E-state index is 11.3. The Labute approximate surface area is 128 Å². The number of aryl methyl sites for hydroxylation is 1.